The first-order valence-corrected chi connectivity index (χ1v) is 5.23. The minimum absolute atomic E-state index is 0.0628. The predicted octanol–water partition coefficient (Wildman–Crippen LogP) is 2.49. The van der Waals surface area contributed by atoms with E-state index in [0.717, 1.165) is 16.1 Å². The minimum Gasteiger partial charge on any atom is -0.618 e. The molecule has 0 spiro atoms. The van der Waals surface area contributed by atoms with Crippen molar-refractivity contribution in [2.75, 3.05) is 0 Å². The van der Waals surface area contributed by atoms with Gasteiger partial charge in [-0.1, -0.05) is 20.8 Å². The Morgan fingerprint density at radius 3 is 2.43 bits per heavy atom. The molecule has 0 N–H and O–H groups in total. The molecule has 0 bridgehead atoms. The van der Waals surface area contributed by atoms with E-state index < -0.39 is 0 Å². The van der Waals surface area contributed by atoms with Crippen molar-refractivity contribution in [2.24, 2.45) is 0 Å². The first-order chi connectivity index (χ1) is 6.50. The highest BCUT2D eigenvalue weighted by molar-refractivity contribution is 5.16. The maximum atomic E-state index is 12.0. The summed E-state index contributed by atoms with van der Waals surface area (Å²) in [6, 6.07) is 5.89. The normalized spacial score (nSPS) is 17.1. The van der Waals surface area contributed by atoms with Gasteiger partial charge in [-0.05, 0) is 18.9 Å². The molecule has 2 rings (SSSR count). The monoisotopic (exact) mass is 191 g/mol. The maximum Gasteiger partial charge on any atom is 0.198 e. The van der Waals surface area contributed by atoms with Crippen LogP contribution in [0.2, 0.25) is 0 Å². The van der Waals surface area contributed by atoms with Gasteiger partial charge in [0.15, 0.2) is 11.4 Å². The highest BCUT2D eigenvalue weighted by Crippen LogP contribution is 2.38. The lowest BCUT2D eigenvalue weighted by molar-refractivity contribution is -0.626. The first-order valence-electron chi connectivity index (χ1n) is 5.23. The van der Waals surface area contributed by atoms with Crippen molar-refractivity contribution in [2.45, 2.75) is 44.9 Å². The third-order valence-corrected chi connectivity index (χ3v) is 2.74. The van der Waals surface area contributed by atoms with E-state index in [2.05, 4.69) is 20.8 Å². The lowest BCUT2D eigenvalue weighted by Gasteiger charge is -2.18. The summed E-state index contributed by atoms with van der Waals surface area (Å²) in [5.41, 5.74) is 1.77. The molecule has 76 valence electrons. The minimum atomic E-state index is -0.0628. The van der Waals surface area contributed by atoms with E-state index in [1.54, 1.807) is 0 Å². The van der Waals surface area contributed by atoms with E-state index in [4.69, 9.17) is 0 Å². The van der Waals surface area contributed by atoms with Crippen LogP contribution < -0.4 is 4.73 Å². The molecule has 0 aliphatic heterocycles. The molecule has 1 aromatic rings. The van der Waals surface area contributed by atoms with E-state index in [1.807, 2.05) is 18.2 Å². The molecular weight excluding hydrogens is 174 g/mol. The summed E-state index contributed by atoms with van der Waals surface area (Å²) in [7, 11) is 0. The van der Waals surface area contributed by atoms with Crippen LogP contribution in [-0.4, -0.2) is 0 Å². The molecule has 1 saturated carbocycles. The van der Waals surface area contributed by atoms with E-state index in [9.17, 15) is 5.21 Å². The van der Waals surface area contributed by atoms with Gasteiger partial charge >= 0.3 is 0 Å². The van der Waals surface area contributed by atoms with Gasteiger partial charge in [0.05, 0.1) is 0 Å². The number of pyridine rings is 1. The Hall–Kier alpha value is -1.05. The van der Waals surface area contributed by atoms with Gasteiger partial charge in [-0.3, -0.25) is 0 Å². The van der Waals surface area contributed by atoms with E-state index in [1.165, 1.54) is 12.8 Å². The molecule has 0 saturated heterocycles. The second-order valence-corrected chi connectivity index (χ2v) is 5.15. The zero-order valence-corrected chi connectivity index (χ0v) is 9.08. The van der Waals surface area contributed by atoms with Gasteiger partial charge in [0.1, 0.15) is 0 Å². The molecule has 2 nitrogen and oxygen atoms in total. The molecule has 0 aromatic carbocycles. The van der Waals surface area contributed by atoms with Crippen molar-refractivity contribution in [3.63, 3.8) is 0 Å². The molecular formula is C12H17NO. The van der Waals surface area contributed by atoms with Crippen LogP contribution in [0.5, 0.6) is 0 Å². The van der Waals surface area contributed by atoms with Gasteiger partial charge in [0.25, 0.3) is 0 Å². The molecule has 1 fully saturated rings. The summed E-state index contributed by atoms with van der Waals surface area (Å²) in [6.07, 6.45) is 2.35. The van der Waals surface area contributed by atoms with Gasteiger partial charge in [-0.25, -0.2) is 0 Å². The number of hydrogen-bond donors (Lipinski definition) is 0. The van der Waals surface area contributed by atoms with Crippen molar-refractivity contribution in [3.8, 4) is 0 Å². The Bertz CT molecular complexity index is 348. The van der Waals surface area contributed by atoms with E-state index >= 15 is 0 Å². The van der Waals surface area contributed by atoms with E-state index in [0.29, 0.717) is 5.92 Å². The summed E-state index contributed by atoms with van der Waals surface area (Å²) >= 11 is 0. The van der Waals surface area contributed by atoms with Crippen LogP contribution in [0.15, 0.2) is 18.2 Å². The zero-order valence-electron chi connectivity index (χ0n) is 9.08. The molecule has 1 aliphatic rings. The highest BCUT2D eigenvalue weighted by Gasteiger charge is 2.33. The molecule has 0 atom stereocenters. The Balaban J connectivity index is 2.46. The smallest absolute Gasteiger partial charge is 0.198 e. The number of aromatic nitrogens is 1. The Kier molecular flexibility index (Phi) is 2.02. The van der Waals surface area contributed by atoms with Gasteiger partial charge in [0.2, 0.25) is 0 Å². The molecule has 0 amide bonds. The fourth-order valence-electron chi connectivity index (χ4n) is 1.75. The second kappa shape index (κ2) is 2.97. The summed E-state index contributed by atoms with van der Waals surface area (Å²) in [5.74, 6) is 0.523. The summed E-state index contributed by atoms with van der Waals surface area (Å²) in [5, 5.41) is 12.0. The van der Waals surface area contributed by atoms with Crippen molar-refractivity contribution in [1.82, 2.24) is 0 Å². The van der Waals surface area contributed by atoms with Crippen molar-refractivity contribution in [1.29, 1.82) is 0 Å². The van der Waals surface area contributed by atoms with Crippen LogP contribution in [0.1, 0.15) is 50.9 Å². The quantitative estimate of drug-likeness (QED) is 0.495. The molecule has 0 unspecified atom stereocenters. The Morgan fingerprint density at radius 1 is 1.29 bits per heavy atom. The molecule has 0 radical (unpaired) electrons. The summed E-state index contributed by atoms with van der Waals surface area (Å²) < 4.78 is 1.14. The van der Waals surface area contributed by atoms with E-state index in [-0.39, 0.29) is 5.41 Å². The third kappa shape index (κ3) is 1.61. The zero-order chi connectivity index (χ0) is 10.3. The third-order valence-electron chi connectivity index (χ3n) is 2.74. The Morgan fingerprint density at radius 2 is 1.93 bits per heavy atom. The predicted molar refractivity (Wildman–Crippen MR) is 56.1 cm³/mol. The average Bonchev–Trinajstić information content (AvgIpc) is 2.85. The van der Waals surface area contributed by atoms with Crippen LogP contribution in [0.25, 0.3) is 0 Å². The number of hydrogen-bond acceptors (Lipinski definition) is 1. The molecule has 1 aromatic heterocycles. The van der Waals surface area contributed by atoms with Gasteiger partial charge in [-0.15, -0.1) is 0 Å². The van der Waals surface area contributed by atoms with Crippen LogP contribution in [0, 0.1) is 5.21 Å². The standard InChI is InChI=1S/C12H17NO/c1-12(2,3)11-6-4-5-10(13(11)14)9-7-8-9/h4-6,9H,7-8H2,1-3H3. The largest absolute Gasteiger partial charge is 0.618 e. The van der Waals surface area contributed by atoms with Crippen molar-refractivity contribution < 1.29 is 4.73 Å². The topological polar surface area (TPSA) is 26.9 Å². The van der Waals surface area contributed by atoms with Crippen LogP contribution in [0.3, 0.4) is 0 Å². The van der Waals surface area contributed by atoms with Crippen molar-refractivity contribution >= 4 is 0 Å². The van der Waals surface area contributed by atoms with Crippen LogP contribution >= 0.6 is 0 Å². The summed E-state index contributed by atoms with van der Waals surface area (Å²) in [4.78, 5) is 0. The van der Waals surface area contributed by atoms with Crippen LogP contribution in [-0.2, 0) is 5.41 Å². The summed E-state index contributed by atoms with van der Waals surface area (Å²) in [6.45, 7) is 6.23. The maximum absolute atomic E-state index is 12.0. The average molecular weight is 191 g/mol. The van der Waals surface area contributed by atoms with Crippen LogP contribution in [0.4, 0.5) is 0 Å². The molecule has 2 heteroatoms. The lowest BCUT2D eigenvalue weighted by atomic mass is 9.91. The molecule has 1 aliphatic carbocycles. The second-order valence-electron chi connectivity index (χ2n) is 5.15. The fourth-order valence-corrected chi connectivity index (χ4v) is 1.75. The van der Waals surface area contributed by atoms with Gasteiger partial charge in [0, 0.05) is 23.5 Å². The fraction of sp³-hybridized carbons (Fsp3) is 0.583. The first kappa shape index (κ1) is 9.50. The highest BCUT2D eigenvalue weighted by atomic mass is 16.5. The Labute approximate surface area is 85.2 Å². The lowest BCUT2D eigenvalue weighted by Crippen LogP contribution is -2.41. The molecule has 1 heterocycles. The number of nitrogens with zero attached hydrogens (tertiary/aromatic N) is 1. The molecule has 14 heavy (non-hydrogen) atoms. The van der Waals surface area contributed by atoms with Crippen molar-refractivity contribution in [3.05, 3.63) is 34.8 Å². The number of rotatable bonds is 1. The van der Waals surface area contributed by atoms with Gasteiger partial charge in [-0.2, -0.15) is 4.73 Å². The van der Waals surface area contributed by atoms with Gasteiger partial charge < -0.3 is 5.21 Å². The SMILES string of the molecule is CC(C)(C)c1cccc(C2CC2)[n+]1[O-].